The van der Waals surface area contributed by atoms with E-state index >= 15 is 0 Å². The fourth-order valence-corrected chi connectivity index (χ4v) is 2.62. The lowest BCUT2D eigenvalue weighted by Gasteiger charge is -2.15. The maximum Gasteiger partial charge on any atom is 0.229 e. The van der Waals surface area contributed by atoms with Gasteiger partial charge in [-0.2, -0.15) is 0 Å². The first kappa shape index (κ1) is 15.8. The van der Waals surface area contributed by atoms with Crippen LogP contribution in [0.5, 0.6) is 0 Å². The Morgan fingerprint density at radius 2 is 2.17 bits per heavy atom. The minimum Gasteiger partial charge on any atom is -0.327 e. The number of carbonyl (C=O) groups is 1. The summed E-state index contributed by atoms with van der Waals surface area (Å²) in [5.74, 6) is -0.0614. The summed E-state index contributed by atoms with van der Waals surface area (Å²) in [6, 6.07) is 5.31. The van der Waals surface area contributed by atoms with E-state index in [1.54, 1.807) is 18.2 Å². The monoisotopic (exact) mass is 352 g/mol. The molecule has 0 bridgehead atoms. The molecule has 0 saturated heterocycles. The highest BCUT2D eigenvalue weighted by atomic mass is 79.9. The van der Waals surface area contributed by atoms with Crippen molar-refractivity contribution in [3.05, 3.63) is 27.7 Å². The summed E-state index contributed by atoms with van der Waals surface area (Å²) in [5, 5.41) is 3.50. The second-order valence-electron chi connectivity index (χ2n) is 4.32. The molecule has 2 rings (SSSR count). The van der Waals surface area contributed by atoms with E-state index < -0.39 is 0 Å². The van der Waals surface area contributed by atoms with Gasteiger partial charge in [0.1, 0.15) is 0 Å². The van der Waals surface area contributed by atoms with Gasteiger partial charge in [-0.1, -0.05) is 18.0 Å². The molecule has 0 aliphatic heterocycles. The molecular formula is C12H15BrCl2N2O. The van der Waals surface area contributed by atoms with E-state index in [4.69, 9.17) is 17.3 Å². The summed E-state index contributed by atoms with van der Waals surface area (Å²) >= 11 is 9.21. The predicted molar refractivity (Wildman–Crippen MR) is 80.3 cm³/mol. The summed E-state index contributed by atoms with van der Waals surface area (Å²) in [4.78, 5) is 12.0. The molecule has 1 aliphatic rings. The van der Waals surface area contributed by atoms with Gasteiger partial charge in [-0.25, -0.2) is 0 Å². The van der Waals surface area contributed by atoms with Crippen LogP contribution in [0.2, 0.25) is 5.02 Å². The van der Waals surface area contributed by atoms with Crippen molar-refractivity contribution in [1.82, 2.24) is 0 Å². The molecule has 1 aromatic rings. The molecule has 0 radical (unpaired) electrons. The topological polar surface area (TPSA) is 55.1 Å². The first-order valence-electron chi connectivity index (χ1n) is 5.59. The van der Waals surface area contributed by atoms with Crippen molar-refractivity contribution in [3.63, 3.8) is 0 Å². The van der Waals surface area contributed by atoms with Crippen molar-refractivity contribution >= 4 is 51.5 Å². The van der Waals surface area contributed by atoms with Crippen molar-refractivity contribution in [2.24, 2.45) is 11.7 Å². The lowest BCUT2D eigenvalue weighted by molar-refractivity contribution is -0.120. The van der Waals surface area contributed by atoms with Gasteiger partial charge in [-0.15, -0.1) is 12.4 Å². The highest BCUT2D eigenvalue weighted by Gasteiger charge is 2.30. The number of rotatable bonds is 2. The highest BCUT2D eigenvalue weighted by molar-refractivity contribution is 9.10. The molecule has 2 atom stereocenters. The number of carbonyl (C=O) groups excluding carboxylic acids is 1. The van der Waals surface area contributed by atoms with Gasteiger partial charge >= 0.3 is 0 Å². The SMILES string of the molecule is Cl.NC1CCCC1C(=O)Nc1ccc(Cl)c(Br)c1. The molecule has 3 N–H and O–H groups in total. The number of hydrogen-bond donors (Lipinski definition) is 2. The van der Waals surface area contributed by atoms with Gasteiger partial charge < -0.3 is 11.1 Å². The summed E-state index contributed by atoms with van der Waals surface area (Å²) in [6.45, 7) is 0. The highest BCUT2D eigenvalue weighted by Crippen LogP contribution is 2.28. The van der Waals surface area contributed by atoms with E-state index in [0.717, 1.165) is 29.4 Å². The minimum atomic E-state index is -0.0653. The van der Waals surface area contributed by atoms with E-state index in [-0.39, 0.29) is 30.3 Å². The first-order chi connectivity index (χ1) is 8.08. The zero-order chi connectivity index (χ0) is 12.4. The van der Waals surface area contributed by atoms with E-state index in [2.05, 4.69) is 21.2 Å². The Morgan fingerprint density at radius 3 is 2.72 bits per heavy atom. The Hall–Kier alpha value is -0.290. The third-order valence-corrected chi connectivity index (χ3v) is 4.31. The van der Waals surface area contributed by atoms with Crippen LogP contribution in [0.1, 0.15) is 19.3 Å². The third kappa shape index (κ3) is 3.60. The number of nitrogens with one attached hydrogen (secondary N) is 1. The molecule has 1 aliphatic carbocycles. The third-order valence-electron chi connectivity index (χ3n) is 3.09. The number of amides is 1. The Morgan fingerprint density at radius 1 is 1.44 bits per heavy atom. The van der Waals surface area contributed by atoms with Gasteiger partial charge in [-0.05, 0) is 47.0 Å². The van der Waals surface area contributed by atoms with Crippen LogP contribution in [0, 0.1) is 5.92 Å². The normalized spacial score (nSPS) is 22.4. The zero-order valence-electron chi connectivity index (χ0n) is 9.66. The Labute approximate surface area is 126 Å². The number of anilines is 1. The van der Waals surface area contributed by atoms with Gasteiger partial charge in [0.25, 0.3) is 0 Å². The fraction of sp³-hybridized carbons (Fsp3) is 0.417. The van der Waals surface area contributed by atoms with Gasteiger partial charge in [0.2, 0.25) is 5.91 Å². The number of benzene rings is 1. The molecule has 18 heavy (non-hydrogen) atoms. The maximum absolute atomic E-state index is 12.0. The fourth-order valence-electron chi connectivity index (χ4n) is 2.12. The molecule has 1 fully saturated rings. The molecule has 1 amide bonds. The Balaban J connectivity index is 0.00000162. The average Bonchev–Trinajstić information content (AvgIpc) is 2.70. The second-order valence-corrected chi connectivity index (χ2v) is 5.58. The minimum absolute atomic E-state index is 0. The van der Waals surface area contributed by atoms with E-state index in [1.807, 2.05) is 0 Å². The molecule has 6 heteroatoms. The molecule has 0 aromatic heterocycles. The number of hydrogen-bond acceptors (Lipinski definition) is 2. The molecule has 0 spiro atoms. The van der Waals surface area contributed by atoms with Crippen LogP contribution in [0.25, 0.3) is 0 Å². The number of halogens is 3. The van der Waals surface area contributed by atoms with Crippen molar-refractivity contribution in [2.45, 2.75) is 25.3 Å². The van der Waals surface area contributed by atoms with E-state index in [0.29, 0.717) is 5.02 Å². The number of nitrogens with two attached hydrogens (primary N) is 1. The molecule has 2 unspecified atom stereocenters. The van der Waals surface area contributed by atoms with E-state index in [1.165, 1.54) is 0 Å². The van der Waals surface area contributed by atoms with Gasteiger partial charge in [0, 0.05) is 16.2 Å². The maximum atomic E-state index is 12.0. The molecule has 3 nitrogen and oxygen atoms in total. The summed E-state index contributed by atoms with van der Waals surface area (Å²) in [5.41, 5.74) is 6.64. The van der Waals surface area contributed by atoms with Crippen LogP contribution in [0.4, 0.5) is 5.69 Å². The Bertz CT molecular complexity index is 442. The first-order valence-corrected chi connectivity index (χ1v) is 6.76. The van der Waals surface area contributed by atoms with Crippen LogP contribution >= 0.6 is 39.9 Å². The molecule has 1 saturated carbocycles. The molecule has 1 aromatic carbocycles. The second kappa shape index (κ2) is 6.75. The largest absolute Gasteiger partial charge is 0.327 e. The quantitative estimate of drug-likeness (QED) is 0.853. The molecular weight excluding hydrogens is 339 g/mol. The van der Waals surface area contributed by atoms with Crippen molar-refractivity contribution in [2.75, 3.05) is 5.32 Å². The Kier molecular flexibility index (Phi) is 5.92. The van der Waals surface area contributed by atoms with Crippen LogP contribution in [0.3, 0.4) is 0 Å². The van der Waals surface area contributed by atoms with Gasteiger partial charge in [0.15, 0.2) is 0 Å². The van der Waals surface area contributed by atoms with Crippen LogP contribution in [-0.4, -0.2) is 11.9 Å². The van der Waals surface area contributed by atoms with Crippen molar-refractivity contribution in [1.29, 1.82) is 0 Å². The van der Waals surface area contributed by atoms with Crippen LogP contribution < -0.4 is 11.1 Å². The lowest BCUT2D eigenvalue weighted by Crippen LogP contribution is -2.34. The van der Waals surface area contributed by atoms with Gasteiger partial charge in [0.05, 0.1) is 10.9 Å². The molecule has 100 valence electrons. The van der Waals surface area contributed by atoms with Crippen LogP contribution in [-0.2, 0) is 4.79 Å². The van der Waals surface area contributed by atoms with Gasteiger partial charge in [-0.3, -0.25) is 4.79 Å². The standard InChI is InChI=1S/C12H14BrClN2O.ClH/c13-9-6-7(4-5-10(9)14)16-12(17)8-2-1-3-11(8)15;/h4-6,8,11H,1-3,15H2,(H,16,17);1H. The molecule has 0 heterocycles. The van der Waals surface area contributed by atoms with E-state index in [9.17, 15) is 4.79 Å². The summed E-state index contributed by atoms with van der Waals surface area (Å²) in [6.07, 6.45) is 2.84. The zero-order valence-corrected chi connectivity index (χ0v) is 12.8. The van der Waals surface area contributed by atoms with Crippen molar-refractivity contribution in [3.8, 4) is 0 Å². The smallest absolute Gasteiger partial charge is 0.229 e. The summed E-state index contributed by atoms with van der Waals surface area (Å²) in [7, 11) is 0. The average molecular weight is 354 g/mol. The van der Waals surface area contributed by atoms with Crippen molar-refractivity contribution < 1.29 is 4.79 Å². The predicted octanol–water partition coefficient (Wildman–Crippen LogP) is 3.59. The van der Waals surface area contributed by atoms with Crippen LogP contribution in [0.15, 0.2) is 22.7 Å². The summed E-state index contributed by atoms with van der Waals surface area (Å²) < 4.78 is 0.771. The lowest BCUT2D eigenvalue weighted by atomic mass is 10.0.